The van der Waals surface area contributed by atoms with Gasteiger partial charge in [0, 0.05) is 52.3 Å². The monoisotopic (exact) mass is 374 g/mol. The lowest BCUT2D eigenvalue weighted by molar-refractivity contribution is 0.0986. The molecule has 0 fully saturated rings. The Morgan fingerprint density at radius 3 is 1.93 bits per heavy atom. The minimum Gasteiger partial charge on any atom is -0.340 e. The largest absolute Gasteiger partial charge is 0.340 e. The number of carbonyl (C=O) groups is 2. The van der Waals surface area contributed by atoms with Gasteiger partial charge in [0.05, 0.1) is 0 Å². The Hall–Kier alpha value is -2.46. The highest BCUT2D eigenvalue weighted by molar-refractivity contribution is 6.18. The number of rotatable bonds is 6. The molecule has 1 aromatic heterocycles. The molecule has 1 N–H and O–H groups in total. The summed E-state index contributed by atoms with van der Waals surface area (Å²) in [6.45, 7) is 5.18. The van der Waals surface area contributed by atoms with Crippen LogP contribution in [0.4, 0.5) is 0 Å². The van der Waals surface area contributed by atoms with E-state index >= 15 is 0 Å². The SMILES string of the molecule is CCCNCCCn1c2ccc3c(c2c2c4c(ccc21)C(=O)CC4)CCC3=O. The van der Waals surface area contributed by atoms with E-state index in [0.717, 1.165) is 56.4 Å². The van der Waals surface area contributed by atoms with E-state index in [1.807, 2.05) is 12.1 Å². The second kappa shape index (κ2) is 6.85. The Balaban J connectivity index is 1.71. The molecular weight excluding hydrogens is 348 g/mol. The number of aromatic nitrogens is 1. The van der Waals surface area contributed by atoms with Gasteiger partial charge in [-0.3, -0.25) is 9.59 Å². The highest BCUT2D eigenvalue weighted by Crippen LogP contribution is 2.41. The lowest BCUT2D eigenvalue weighted by Gasteiger charge is -2.09. The van der Waals surface area contributed by atoms with Crippen molar-refractivity contribution in [3.05, 3.63) is 46.5 Å². The molecule has 0 radical (unpaired) electrons. The second-order valence-corrected chi connectivity index (χ2v) is 8.07. The van der Waals surface area contributed by atoms with Crippen LogP contribution in [0.3, 0.4) is 0 Å². The zero-order valence-corrected chi connectivity index (χ0v) is 16.4. The Morgan fingerprint density at radius 2 is 1.39 bits per heavy atom. The van der Waals surface area contributed by atoms with Crippen LogP contribution in [0, 0.1) is 0 Å². The zero-order valence-electron chi connectivity index (χ0n) is 16.4. The van der Waals surface area contributed by atoms with Crippen LogP contribution in [0.2, 0.25) is 0 Å². The van der Waals surface area contributed by atoms with E-state index < -0.39 is 0 Å². The van der Waals surface area contributed by atoms with Crippen molar-refractivity contribution in [2.45, 2.75) is 52.0 Å². The standard InChI is InChI=1S/C24H26N2O2/c1-2-12-25-13-3-14-26-19-8-4-15-17(6-10-21(15)27)23(19)24-18-7-11-22(28)16(18)5-9-20(24)26/h4-5,8-9,25H,2-3,6-7,10-14H2,1H3. The first-order chi connectivity index (χ1) is 13.7. The van der Waals surface area contributed by atoms with Gasteiger partial charge in [-0.05, 0) is 74.2 Å². The molecule has 1 heterocycles. The molecule has 4 heteroatoms. The van der Waals surface area contributed by atoms with Gasteiger partial charge in [0.1, 0.15) is 0 Å². The lowest BCUT2D eigenvalue weighted by atomic mass is 9.98. The molecule has 0 bridgehead atoms. The molecule has 0 atom stereocenters. The van der Waals surface area contributed by atoms with Gasteiger partial charge in [0.15, 0.2) is 11.6 Å². The topological polar surface area (TPSA) is 51.1 Å². The molecule has 3 aromatic rings. The van der Waals surface area contributed by atoms with Crippen LogP contribution in [0.15, 0.2) is 24.3 Å². The Bertz CT molecular complexity index is 1040. The van der Waals surface area contributed by atoms with Crippen molar-refractivity contribution >= 4 is 33.4 Å². The van der Waals surface area contributed by atoms with Crippen LogP contribution in [0.25, 0.3) is 21.8 Å². The molecule has 0 saturated heterocycles. The normalized spacial score (nSPS) is 15.8. The molecular formula is C24H26N2O2. The van der Waals surface area contributed by atoms with Gasteiger partial charge >= 0.3 is 0 Å². The van der Waals surface area contributed by atoms with Crippen molar-refractivity contribution in [1.29, 1.82) is 0 Å². The van der Waals surface area contributed by atoms with E-state index in [-0.39, 0.29) is 11.6 Å². The van der Waals surface area contributed by atoms with Gasteiger partial charge in [-0.25, -0.2) is 0 Å². The molecule has 0 amide bonds. The molecule has 4 nitrogen and oxygen atoms in total. The summed E-state index contributed by atoms with van der Waals surface area (Å²) in [5.74, 6) is 0.510. The van der Waals surface area contributed by atoms with E-state index in [2.05, 4.69) is 28.9 Å². The van der Waals surface area contributed by atoms with Crippen molar-refractivity contribution in [2.75, 3.05) is 13.1 Å². The molecule has 5 rings (SSSR count). The van der Waals surface area contributed by atoms with Gasteiger partial charge in [0.25, 0.3) is 0 Å². The molecule has 0 saturated carbocycles. The summed E-state index contributed by atoms with van der Waals surface area (Å²) in [4.78, 5) is 24.7. The smallest absolute Gasteiger partial charge is 0.163 e. The van der Waals surface area contributed by atoms with Gasteiger partial charge < -0.3 is 9.88 Å². The van der Waals surface area contributed by atoms with E-state index in [1.165, 1.54) is 32.9 Å². The van der Waals surface area contributed by atoms with Crippen LogP contribution in [0.5, 0.6) is 0 Å². The van der Waals surface area contributed by atoms with E-state index in [9.17, 15) is 9.59 Å². The molecule has 0 aliphatic heterocycles. The van der Waals surface area contributed by atoms with Crippen molar-refractivity contribution in [3.63, 3.8) is 0 Å². The fraction of sp³-hybridized carbons (Fsp3) is 0.417. The minimum atomic E-state index is 0.255. The van der Waals surface area contributed by atoms with Crippen LogP contribution in [-0.4, -0.2) is 29.2 Å². The van der Waals surface area contributed by atoms with Gasteiger partial charge in [-0.1, -0.05) is 6.92 Å². The number of nitrogens with one attached hydrogen (secondary N) is 1. The molecule has 28 heavy (non-hydrogen) atoms. The highest BCUT2D eigenvalue weighted by atomic mass is 16.1. The summed E-state index contributed by atoms with van der Waals surface area (Å²) in [6, 6.07) is 8.28. The molecule has 2 aliphatic carbocycles. The summed E-state index contributed by atoms with van der Waals surface area (Å²) in [5.41, 5.74) is 6.60. The van der Waals surface area contributed by atoms with Crippen molar-refractivity contribution in [3.8, 4) is 0 Å². The highest BCUT2D eigenvalue weighted by Gasteiger charge is 2.29. The average Bonchev–Trinajstić information content (AvgIpc) is 3.36. The molecule has 0 unspecified atom stereocenters. The van der Waals surface area contributed by atoms with Gasteiger partial charge in [-0.15, -0.1) is 0 Å². The third-order valence-electron chi connectivity index (χ3n) is 6.38. The number of benzene rings is 2. The van der Waals surface area contributed by atoms with E-state index in [1.54, 1.807) is 0 Å². The van der Waals surface area contributed by atoms with E-state index in [0.29, 0.717) is 12.8 Å². The molecule has 2 aliphatic rings. The number of Topliss-reactive ketones (excluding diaryl/α,β-unsaturated/α-hetero) is 2. The Morgan fingerprint density at radius 1 is 0.821 bits per heavy atom. The fourth-order valence-electron chi connectivity index (χ4n) is 5.10. The number of hydrogen-bond donors (Lipinski definition) is 1. The maximum absolute atomic E-state index is 12.3. The minimum absolute atomic E-state index is 0.255. The maximum atomic E-state index is 12.3. The molecule has 0 spiro atoms. The van der Waals surface area contributed by atoms with Crippen LogP contribution >= 0.6 is 0 Å². The number of ketones is 2. The van der Waals surface area contributed by atoms with Crippen molar-refractivity contribution in [1.82, 2.24) is 9.88 Å². The summed E-state index contributed by atoms with van der Waals surface area (Å²) < 4.78 is 2.41. The molecule has 2 aromatic carbocycles. The Kier molecular flexibility index (Phi) is 4.31. The summed E-state index contributed by atoms with van der Waals surface area (Å²) >= 11 is 0. The van der Waals surface area contributed by atoms with Crippen LogP contribution in [-0.2, 0) is 19.4 Å². The maximum Gasteiger partial charge on any atom is 0.163 e. The fourth-order valence-corrected chi connectivity index (χ4v) is 5.10. The quantitative estimate of drug-likeness (QED) is 0.649. The number of fused-ring (bicyclic) bond motifs is 7. The second-order valence-electron chi connectivity index (χ2n) is 8.07. The van der Waals surface area contributed by atoms with Gasteiger partial charge in [0.2, 0.25) is 0 Å². The molecule has 144 valence electrons. The zero-order chi connectivity index (χ0) is 19.3. The number of nitrogens with zero attached hydrogens (tertiary/aromatic N) is 1. The van der Waals surface area contributed by atoms with Crippen molar-refractivity contribution in [2.24, 2.45) is 0 Å². The number of aryl methyl sites for hydroxylation is 3. The summed E-state index contributed by atoms with van der Waals surface area (Å²) in [5, 5.41) is 5.94. The summed E-state index contributed by atoms with van der Waals surface area (Å²) in [6.07, 6.45) is 5.06. The first kappa shape index (κ1) is 17.6. The number of hydrogen-bond acceptors (Lipinski definition) is 3. The average molecular weight is 374 g/mol. The Labute approximate surface area is 164 Å². The van der Waals surface area contributed by atoms with E-state index in [4.69, 9.17) is 0 Å². The first-order valence-corrected chi connectivity index (χ1v) is 10.6. The van der Waals surface area contributed by atoms with Gasteiger partial charge in [-0.2, -0.15) is 0 Å². The third-order valence-corrected chi connectivity index (χ3v) is 6.38. The first-order valence-electron chi connectivity index (χ1n) is 10.6. The van der Waals surface area contributed by atoms with Crippen molar-refractivity contribution < 1.29 is 9.59 Å². The lowest BCUT2D eigenvalue weighted by Crippen LogP contribution is -2.17. The number of carbonyl (C=O) groups excluding carboxylic acids is 2. The van der Waals surface area contributed by atoms with Crippen LogP contribution in [0.1, 0.15) is 64.4 Å². The summed E-state index contributed by atoms with van der Waals surface area (Å²) in [7, 11) is 0. The predicted molar refractivity (Wildman–Crippen MR) is 113 cm³/mol. The third kappa shape index (κ3) is 2.55. The van der Waals surface area contributed by atoms with Crippen LogP contribution < -0.4 is 5.32 Å². The predicted octanol–water partition coefficient (Wildman–Crippen LogP) is 4.44.